The van der Waals surface area contributed by atoms with E-state index in [4.69, 9.17) is 13.9 Å². The van der Waals surface area contributed by atoms with Gasteiger partial charge >= 0.3 is 5.97 Å². The van der Waals surface area contributed by atoms with Gasteiger partial charge in [0.05, 0.1) is 22.1 Å². The highest BCUT2D eigenvalue weighted by Gasteiger charge is 2.38. The van der Waals surface area contributed by atoms with Gasteiger partial charge in [-0.25, -0.2) is 4.79 Å². The minimum Gasteiger partial charge on any atom is -0.460 e. The molecule has 8 nitrogen and oxygen atoms in total. The molecule has 38 heavy (non-hydrogen) atoms. The Balaban J connectivity index is 1.37. The molecule has 0 saturated carbocycles. The smallest absolute Gasteiger partial charge is 0.343 e. The molecule has 1 aliphatic rings. The molecule has 192 valence electrons. The molecule has 1 unspecified atom stereocenters. The number of esters is 1. The van der Waals surface area contributed by atoms with Crippen LogP contribution in [0.2, 0.25) is 0 Å². The van der Waals surface area contributed by atoms with Gasteiger partial charge in [0.1, 0.15) is 23.3 Å². The van der Waals surface area contributed by atoms with Gasteiger partial charge in [-0.1, -0.05) is 13.0 Å². The van der Waals surface area contributed by atoms with Crippen molar-refractivity contribution in [2.24, 2.45) is 0 Å². The topological polar surface area (TPSA) is 103 Å². The Morgan fingerprint density at radius 2 is 1.61 bits per heavy atom. The van der Waals surface area contributed by atoms with Crippen LogP contribution < -0.4 is 14.9 Å². The summed E-state index contributed by atoms with van der Waals surface area (Å²) in [4.78, 5) is 52.4. The first kappa shape index (κ1) is 25.0. The van der Waals surface area contributed by atoms with Crippen LogP contribution in [-0.4, -0.2) is 28.7 Å². The van der Waals surface area contributed by atoms with Crippen LogP contribution in [0.4, 0.5) is 0 Å². The van der Waals surface area contributed by atoms with Crippen molar-refractivity contribution in [3.05, 3.63) is 98.9 Å². The quantitative estimate of drug-likeness (QED) is 0.183. The van der Waals surface area contributed by atoms with Gasteiger partial charge in [0.15, 0.2) is 0 Å². The zero-order valence-corrected chi connectivity index (χ0v) is 21.4. The van der Waals surface area contributed by atoms with Crippen LogP contribution in [0.15, 0.2) is 70.1 Å². The lowest BCUT2D eigenvalue weighted by Crippen LogP contribution is -2.37. The van der Waals surface area contributed by atoms with E-state index in [1.807, 2.05) is 39.0 Å². The Bertz CT molecular complexity index is 1660. The maximum atomic E-state index is 13.0. The van der Waals surface area contributed by atoms with Gasteiger partial charge in [-0.3, -0.25) is 19.3 Å². The minimum absolute atomic E-state index is 0.0380. The van der Waals surface area contributed by atoms with Gasteiger partial charge in [0.25, 0.3) is 11.8 Å². The molecule has 0 N–H and O–H groups in total. The fourth-order valence-electron chi connectivity index (χ4n) is 4.48. The maximum Gasteiger partial charge on any atom is 0.343 e. The Morgan fingerprint density at radius 3 is 2.32 bits per heavy atom. The lowest BCUT2D eigenvalue weighted by atomic mass is 10.1. The number of imide groups is 1. The summed E-state index contributed by atoms with van der Waals surface area (Å²) >= 11 is 0. The highest BCUT2D eigenvalue weighted by atomic mass is 16.5. The summed E-state index contributed by atoms with van der Waals surface area (Å²) in [6, 6.07) is 14.1. The highest BCUT2D eigenvalue weighted by molar-refractivity contribution is 6.22. The number of hydrogen-bond donors (Lipinski definition) is 0. The van der Waals surface area contributed by atoms with Crippen molar-refractivity contribution in [1.82, 2.24) is 4.90 Å². The molecule has 0 aliphatic carbocycles. The lowest BCUT2D eigenvalue weighted by molar-refractivity contribution is 0.0593. The molecule has 5 rings (SSSR count). The Morgan fingerprint density at radius 1 is 0.895 bits per heavy atom. The van der Waals surface area contributed by atoms with Crippen LogP contribution in [-0.2, 0) is 0 Å². The van der Waals surface area contributed by atoms with Crippen LogP contribution >= 0.6 is 0 Å². The van der Waals surface area contributed by atoms with Crippen molar-refractivity contribution < 1.29 is 28.3 Å². The van der Waals surface area contributed by atoms with Gasteiger partial charge in [-0.15, -0.1) is 0 Å². The van der Waals surface area contributed by atoms with E-state index < -0.39 is 11.9 Å². The first-order valence-electron chi connectivity index (χ1n) is 12.2. The van der Waals surface area contributed by atoms with Crippen LogP contribution in [0.3, 0.4) is 0 Å². The molecule has 0 radical (unpaired) electrons. The molecular weight excluding hydrogens is 486 g/mol. The molecule has 0 fully saturated rings. The molecule has 0 bridgehead atoms. The fourth-order valence-corrected chi connectivity index (χ4v) is 4.48. The third-order valence-corrected chi connectivity index (χ3v) is 6.53. The van der Waals surface area contributed by atoms with E-state index in [1.54, 1.807) is 6.92 Å². The number of benzene rings is 3. The molecule has 0 spiro atoms. The second-order valence-corrected chi connectivity index (χ2v) is 9.40. The molecular formula is C30H25NO7. The number of carbonyl (C=O) groups is 3. The first-order valence-corrected chi connectivity index (χ1v) is 12.2. The van der Waals surface area contributed by atoms with E-state index in [0.717, 1.165) is 11.1 Å². The molecule has 0 saturated heterocycles. The van der Waals surface area contributed by atoms with Crippen molar-refractivity contribution in [2.45, 2.75) is 40.2 Å². The van der Waals surface area contributed by atoms with Crippen LogP contribution in [0.5, 0.6) is 17.2 Å². The highest BCUT2D eigenvalue weighted by Crippen LogP contribution is 2.28. The zero-order chi connectivity index (χ0) is 27.1. The number of ether oxygens (including phenoxy) is 2. The van der Waals surface area contributed by atoms with Crippen molar-refractivity contribution in [1.29, 1.82) is 0 Å². The van der Waals surface area contributed by atoms with Gasteiger partial charge in [0.2, 0.25) is 11.2 Å². The van der Waals surface area contributed by atoms with Crippen LogP contribution in [0, 0.1) is 13.8 Å². The third kappa shape index (κ3) is 4.45. The molecule has 3 aromatic carbocycles. The Hall–Kier alpha value is -4.72. The second kappa shape index (κ2) is 9.63. The number of rotatable bonds is 6. The molecule has 1 aromatic heterocycles. The summed E-state index contributed by atoms with van der Waals surface area (Å²) < 4.78 is 16.9. The van der Waals surface area contributed by atoms with E-state index in [0.29, 0.717) is 12.2 Å². The maximum absolute atomic E-state index is 13.0. The number of amides is 2. The SMILES string of the molecule is CCC(C)N1C(=O)c2ccc(C(=O)Oc3ccc4c(=O)c(Oc5cc(C)cc(C)c5)coc4c3)cc2C1=O. The number of nitrogens with zero attached hydrogens (tertiary/aromatic N) is 1. The average molecular weight is 512 g/mol. The number of aryl methyl sites for hydroxylation is 2. The summed E-state index contributed by atoms with van der Waals surface area (Å²) in [5.41, 5.74) is 2.41. The molecule has 4 aromatic rings. The fraction of sp³-hybridized carbons (Fsp3) is 0.200. The lowest BCUT2D eigenvalue weighted by Gasteiger charge is -2.20. The predicted molar refractivity (Wildman–Crippen MR) is 140 cm³/mol. The Labute approximate surface area is 218 Å². The minimum atomic E-state index is -0.716. The van der Waals surface area contributed by atoms with E-state index in [-0.39, 0.29) is 56.5 Å². The number of carbonyl (C=O) groups excluding carboxylic acids is 3. The first-order chi connectivity index (χ1) is 18.2. The van der Waals surface area contributed by atoms with E-state index in [1.165, 1.54) is 47.6 Å². The van der Waals surface area contributed by atoms with Crippen LogP contribution in [0.25, 0.3) is 11.0 Å². The van der Waals surface area contributed by atoms with Gasteiger partial charge in [0, 0.05) is 12.1 Å². The average Bonchev–Trinajstić information content (AvgIpc) is 3.13. The second-order valence-electron chi connectivity index (χ2n) is 9.40. The van der Waals surface area contributed by atoms with E-state index in [9.17, 15) is 19.2 Å². The zero-order valence-electron chi connectivity index (χ0n) is 21.4. The number of fused-ring (bicyclic) bond motifs is 2. The molecule has 8 heteroatoms. The third-order valence-electron chi connectivity index (χ3n) is 6.53. The summed E-state index contributed by atoms with van der Waals surface area (Å²) in [6.45, 7) is 7.57. The largest absolute Gasteiger partial charge is 0.460 e. The summed E-state index contributed by atoms with van der Waals surface area (Å²) in [5, 5.41) is 0.262. The van der Waals surface area contributed by atoms with Crippen molar-refractivity contribution >= 4 is 28.8 Å². The molecule has 1 atom stereocenters. The van der Waals surface area contributed by atoms with Gasteiger partial charge in [-0.05, 0) is 80.8 Å². The van der Waals surface area contributed by atoms with Gasteiger partial charge in [-0.2, -0.15) is 0 Å². The van der Waals surface area contributed by atoms with Crippen molar-refractivity contribution in [3.63, 3.8) is 0 Å². The summed E-state index contributed by atoms with van der Waals surface area (Å²) in [5.74, 6) is -0.799. The molecule has 2 heterocycles. The summed E-state index contributed by atoms with van der Waals surface area (Å²) in [6.07, 6.45) is 1.85. The normalized spacial score (nSPS) is 13.5. The Kier molecular flexibility index (Phi) is 6.32. The monoisotopic (exact) mass is 511 g/mol. The van der Waals surface area contributed by atoms with Gasteiger partial charge < -0.3 is 13.9 Å². The van der Waals surface area contributed by atoms with Crippen LogP contribution in [0.1, 0.15) is 62.5 Å². The standard InChI is InChI=1S/C30H25NO7/c1-5-18(4)31-28(33)22-8-6-19(13-24(22)29(31)34)30(35)38-20-7-9-23-25(14-20)36-15-26(27(23)32)37-21-11-16(2)10-17(3)12-21/h6-15,18H,5H2,1-4H3. The predicted octanol–water partition coefficient (Wildman–Crippen LogP) is 5.82. The molecule has 2 amide bonds. The number of hydrogen-bond acceptors (Lipinski definition) is 7. The van der Waals surface area contributed by atoms with E-state index >= 15 is 0 Å². The van der Waals surface area contributed by atoms with E-state index in [2.05, 4.69) is 0 Å². The molecule has 1 aliphatic heterocycles. The van der Waals surface area contributed by atoms with Crippen molar-refractivity contribution in [2.75, 3.05) is 0 Å². The van der Waals surface area contributed by atoms with Crippen molar-refractivity contribution in [3.8, 4) is 17.2 Å². The summed E-state index contributed by atoms with van der Waals surface area (Å²) in [7, 11) is 0.